The number of rotatable bonds is 2. The summed E-state index contributed by atoms with van der Waals surface area (Å²) in [5.74, 6) is 0. The van der Waals surface area contributed by atoms with E-state index in [2.05, 4.69) is 57.2 Å². The van der Waals surface area contributed by atoms with E-state index >= 15 is 0 Å². The van der Waals surface area contributed by atoms with Crippen molar-refractivity contribution in [2.75, 3.05) is 0 Å². The quantitative estimate of drug-likeness (QED) is 0.871. The molecule has 1 nitrogen and oxygen atoms in total. The molecule has 0 fully saturated rings. The van der Waals surface area contributed by atoms with Crippen LogP contribution in [0.25, 0.3) is 0 Å². The summed E-state index contributed by atoms with van der Waals surface area (Å²) in [5, 5.41) is 11.1. The molecule has 1 N–H and O–H groups in total. The van der Waals surface area contributed by atoms with Crippen LogP contribution in [0, 0.1) is 20.8 Å². The normalized spacial score (nSPS) is 21.0. The van der Waals surface area contributed by atoms with Crippen LogP contribution < -0.4 is 0 Å². The van der Waals surface area contributed by atoms with Crippen LogP contribution in [0.2, 0.25) is 0 Å². The van der Waals surface area contributed by atoms with E-state index < -0.39 is 5.60 Å². The van der Waals surface area contributed by atoms with Crippen molar-refractivity contribution in [1.29, 1.82) is 0 Å². The van der Waals surface area contributed by atoms with Crippen molar-refractivity contribution in [2.45, 2.75) is 45.6 Å². The van der Waals surface area contributed by atoms with Crippen molar-refractivity contribution in [1.82, 2.24) is 0 Å². The second-order valence-electron chi connectivity index (χ2n) is 6.30. The number of hydrogen-bond donors (Lipinski definition) is 1. The van der Waals surface area contributed by atoms with Gasteiger partial charge in [-0.15, -0.1) is 0 Å². The first-order chi connectivity index (χ1) is 9.48. The van der Waals surface area contributed by atoms with Crippen LogP contribution in [-0.2, 0) is 18.4 Å². The summed E-state index contributed by atoms with van der Waals surface area (Å²) in [5.41, 5.74) is 6.77. The van der Waals surface area contributed by atoms with Gasteiger partial charge in [0.05, 0.1) is 5.60 Å². The molecule has 0 saturated heterocycles. The number of hydrogen-bond acceptors (Lipinski definition) is 1. The van der Waals surface area contributed by atoms with E-state index in [1.807, 2.05) is 0 Å². The molecule has 0 bridgehead atoms. The van der Waals surface area contributed by atoms with Gasteiger partial charge in [-0.05, 0) is 55.9 Å². The van der Waals surface area contributed by atoms with E-state index in [0.29, 0.717) is 0 Å². The van der Waals surface area contributed by atoms with E-state index in [1.165, 1.54) is 27.8 Å². The summed E-state index contributed by atoms with van der Waals surface area (Å²) in [7, 11) is 0. The standard InChI is InChI=1S/C19H22O/c1-13-4-6-15(3)17(10-13)12-19(20)9-8-16-7-5-14(2)11-18(16)19/h4-7,10-11,20H,8-9,12H2,1-3H3. The summed E-state index contributed by atoms with van der Waals surface area (Å²) < 4.78 is 0. The Balaban J connectivity index is 2.00. The molecule has 1 heteroatoms. The van der Waals surface area contributed by atoms with Crippen molar-refractivity contribution in [3.63, 3.8) is 0 Å². The van der Waals surface area contributed by atoms with Gasteiger partial charge in [-0.1, -0.05) is 47.5 Å². The molecule has 104 valence electrons. The highest BCUT2D eigenvalue weighted by Crippen LogP contribution is 2.40. The van der Waals surface area contributed by atoms with Crippen LogP contribution in [-0.4, -0.2) is 5.11 Å². The van der Waals surface area contributed by atoms with Gasteiger partial charge in [0.2, 0.25) is 0 Å². The van der Waals surface area contributed by atoms with Crippen molar-refractivity contribution in [2.24, 2.45) is 0 Å². The van der Waals surface area contributed by atoms with Crippen LogP contribution in [0.1, 0.15) is 39.8 Å². The van der Waals surface area contributed by atoms with Gasteiger partial charge in [-0.25, -0.2) is 0 Å². The summed E-state index contributed by atoms with van der Waals surface area (Å²) >= 11 is 0. The first-order valence-electron chi connectivity index (χ1n) is 7.36. The minimum absolute atomic E-state index is 0.695. The van der Waals surface area contributed by atoms with Crippen molar-refractivity contribution in [3.05, 3.63) is 69.8 Å². The first kappa shape index (κ1) is 13.4. The number of fused-ring (bicyclic) bond motifs is 1. The lowest BCUT2D eigenvalue weighted by Crippen LogP contribution is -2.26. The molecule has 0 radical (unpaired) electrons. The third-order valence-corrected chi connectivity index (χ3v) is 4.56. The molecule has 0 spiro atoms. The lowest BCUT2D eigenvalue weighted by Gasteiger charge is -2.25. The Bertz CT molecular complexity index is 657. The summed E-state index contributed by atoms with van der Waals surface area (Å²) in [6.07, 6.45) is 2.53. The zero-order valence-electron chi connectivity index (χ0n) is 12.5. The average Bonchev–Trinajstić information content (AvgIpc) is 2.72. The smallest absolute Gasteiger partial charge is 0.0942 e. The SMILES string of the molecule is Cc1ccc(C)c(CC2(O)CCc3ccc(C)cc32)c1. The Morgan fingerprint density at radius 1 is 1.00 bits per heavy atom. The molecule has 20 heavy (non-hydrogen) atoms. The fraction of sp³-hybridized carbons (Fsp3) is 0.368. The zero-order valence-corrected chi connectivity index (χ0v) is 12.5. The van der Waals surface area contributed by atoms with Crippen molar-refractivity contribution in [3.8, 4) is 0 Å². The minimum Gasteiger partial charge on any atom is -0.385 e. The van der Waals surface area contributed by atoms with Gasteiger partial charge in [0.1, 0.15) is 0 Å². The van der Waals surface area contributed by atoms with Gasteiger partial charge in [-0.3, -0.25) is 0 Å². The highest BCUT2D eigenvalue weighted by Gasteiger charge is 2.36. The molecule has 2 aromatic rings. The van der Waals surface area contributed by atoms with E-state index in [4.69, 9.17) is 0 Å². The molecule has 3 rings (SSSR count). The maximum Gasteiger partial charge on any atom is 0.0942 e. The molecular formula is C19H22O. The molecular weight excluding hydrogens is 244 g/mol. The van der Waals surface area contributed by atoms with Gasteiger partial charge in [-0.2, -0.15) is 0 Å². The third kappa shape index (κ3) is 2.27. The highest BCUT2D eigenvalue weighted by atomic mass is 16.3. The maximum absolute atomic E-state index is 11.1. The summed E-state index contributed by atoms with van der Waals surface area (Å²) in [6, 6.07) is 13.0. The number of aliphatic hydroxyl groups is 1. The van der Waals surface area contributed by atoms with Crippen LogP contribution >= 0.6 is 0 Å². The van der Waals surface area contributed by atoms with E-state index in [-0.39, 0.29) is 0 Å². The zero-order chi connectivity index (χ0) is 14.3. The molecule has 0 aromatic heterocycles. The number of aryl methyl sites for hydroxylation is 4. The second kappa shape index (κ2) is 4.75. The van der Waals surface area contributed by atoms with Gasteiger partial charge >= 0.3 is 0 Å². The van der Waals surface area contributed by atoms with Crippen molar-refractivity contribution >= 4 is 0 Å². The predicted molar refractivity (Wildman–Crippen MR) is 83.0 cm³/mol. The lowest BCUT2D eigenvalue weighted by atomic mass is 9.86. The monoisotopic (exact) mass is 266 g/mol. The fourth-order valence-electron chi connectivity index (χ4n) is 3.31. The van der Waals surface area contributed by atoms with Crippen LogP contribution in [0.15, 0.2) is 36.4 Å². The molecule has 1 atom stereocenters. The summed E-state index contributed by atoms with van der Waals surface area (Å²) in [4.78, 5) is 0. The molecule has 0 amide bonds. The van der Waals surface area contributed by atoms with Crippen molar-refractivity contribution < 1.29 is 5.11 Å². The van der Waals surface area contributed by atoms with E-state index in [9.17, 15) is 5.11 Å². The fourth-order valence-corrected chi connectivity index (χ4v) is 3.31. The summed E-state index contributed by atoms with van der Waals surface area (Å²) in [6.45, 7) is 6.33. The molecule has 0 aliphatic heterocycles. The van der Waals surface area contributed by atoms with Crippen LogP contribution in [0.5, 0.6) is 0 Å². The van der Waals surface area contributed by atoms with Gasteiger partial charge in [0.15, 0.2) is 0 Å². The Morgan fingerprint density at radius 2 is 1.70 bits per heavy atom. The average molecular weight is 266 g/mol. The van der Waals surface area contributed by atoms with E-state index in [0.717, 1.165) is 24.8 Å². The lowest BCUT2D eigenvalue weighted by molar-refractivity contribution is 0.0387. The largest absolute Gasteiger partial charge is 0.385 e. The molecule has 1 aliphatic carbocycles. The maximum atomic E-state index is 11.1. The molecule has 0 heterocycles. The molecule has 0 saturated carbocycles. The van der Waals surface area contributed by atoms with Gasteiger partial charge in [0.25, 0.3) is 0 Å². The highest BCUT2D eigenvalue weighted by molar-refractivity contribution is 5.42. The van der Waals surface area contributed by atoms with Gasteiger partial charge < -0.3 is 5.11 Å². The first-order valence-corrected chi connectivity index (χ1v) is 7.36. The molecule has 1 aliphatic rings. The Hall–Kier alpha value is -1.60. The predicted octanol–water partition coefficient (Wildman–Crippen LogP) is 3.99. The van der Waals surface area contributed by atoms with Crippen LogP contribution in [0.4, 0.5) is 0 Å². The van der Waals surface area contributed by atoms with Crippen LogP contribution in [0.3, 0.4) is 0 Å². The number of benzene rings is 2. The second-order valence-corrected chi connectivity index (χ2v) is 6.30. The Labute approximate surface area is 121 Å². The Kier molecular flexibility index (Phi) is 3.18. The topological polar surface area (TPSA) is 20.2 Å². The molecule has 1 unspecified atom stereocenters. The molecule has 2 aromatic carbocycles. The Morgan fingerprint density at radius 3 is 2.50 bits per heavy atom. The minimum atomic E-state index is -0.695. The van der Waals surface area contributed by atoms with E-state index in [1.54, 1.807) is 0 Å². The third-order valence-electron chi connectivity index (χ3n) is 4.56. The van der Waals surface area contributed by atoms with Gasteiger partial charge in [0, 0.05) is 6.42 Å².